The van der Waals surface area contributed by atoms with Crippen LogP contribution in [0.25, 0.3) is 0 Å². The fourth-order valence-corrected chi connectivity index (χ4v) is 2.24. The molecule has 0 aliphatic carbocycles. The van der Waals surface area contributed by atoms with E-state index in [0.29, 0.717) is 6.04 Å². The summed E-state index contributed by atoms with van der Waals surface area (Å²) in [5.74, 6) is 0.310. The van der Waals surface area contributed by atoms with Crippen LogP contribution in [0.15, 0.2) is 12.1 Å². The minimum Gasteiger partial charge on any atom is -0.464 e. The maximum atomic E-state index is 11.3. The molecule has 1 aromatic heterocycles. The van der Waals surface area contributed by atoms with Crippen molar-refractivity contribution in [3.63, 3.8) is 0 Å². The fraction of sp³-hybridized carbons (Fsp3) is 0.583. The number of piperidine rings is 1. The number of ether oxygens (including phenoxy) is 1. The van der Waals surface area contributed by atoms with Crippen LogP contribution in [0.3, 0.4) is 0 Å². The van der Waals surface area contributed by atoms with Crippen LogP contribution in [0.4, 0.5) is 5.82 Å². The lowest BCUT2D eigenvalue weighted by molar-refractivity contribution is 0.0592. The molecule has 1 saturated heterocycles. The topological polar surface area (TPSA) is 81.3 Å². The molecule has 2 heterocycles. The molecule has 0 saturated carbocycles. The number of hydrogen-bond acceptors (Lipinski definition) is 6. The van der Waals surface area contributed by atoms with Crippen LogP contribution >= 0.6 is 0 Å². The molecule has 98 valence electrons. The number of hydrogen-bond donors (Lipinski definition) is 1. The number of anilines is 1. The number of rotatable bonds is 2. The molecule has 18 heavy (non-hydrogen) atoms. The molecule has 0 radical (unpaired) electrons. The highest BCUT2D eigenvalue weighted by Gasteiger charge is 2.24. The third-order valence-corrected chi connectivity index (χ3v) is 3.26. The SMILES string of the molecule is COC(=O)c1ccc(N2CCC(N)CC2C)nn1. The molecule has 0 spiro atoms. The highest BCUT2D eigenvalue weighted by molar-refractivity contribution is 5.86. The van der Waals surface area contributed by atoms with Crippen LogP contribution in [-0.2, 0) is 4.74 Å². The number of nitrogens with two attached hydrogens (primary N) is 1. The Labute approximate surface area is 106 Å². The van der Waals surface area contributed by atoms with Crippen LogP contribution < -0.4 is 10.6 Å². The smallest absolute Gasteiger partial charge is 0.358 e. The molecular weight excluding hydrogens is 232 g/mol. The highest BCUT2D eigenvalue weighted by atomic mass is 16.5. The van der Waals surface area contributed by atoms with E-state index in [9.17, 15) is 4.79 Å². The predicted molar refractivity (Wildman–Crippen MR) is 67.4 cm³/mol. The summed E-state index contributed by atoms with van der Waals surface area (Å²) in [6.45, 7) is 2.99. The molecule has 0 bridgehead atoms. The summed E-state index contributed by atoms with van der Waals surface area (Å²) < 4.78 is 4.59. The van der Waals surface area contributed by atoms with E-state index in [4.69, 9.17) is 5.73 Å². The van der Waals surface area contributed by atoms with Gasteiger partial charge < -0.3 is 15.4 Å². The molecule has 2 atom stereocenters. The molecule has 1 fully saturated rings. The van der Waals surface area contributed by atoms with E-state index in [0.717, 1.165) is 25.2 Å². The molecule has 1 aliphatic heterocycles. The largest absolute Gasteiger partial charge is 0.464 e. The lowest BCUT2D eigenvalue weighted by Gasteiger charge is -2.36. The standard InChI is InChI=1S/C12H18N4O2/c1-8-7-9(13)5-6-16(8)11-4-3-10(14-15-11)12(17)18-2/h3-4,8-9H,5-7,13H2,1-2H3. The maximum Gasteiger partial charge on any atom is 0.358 e. The number of carbonyl (C=O) groups excluding carboxylic acids is 1. The van der Waals surface area contributed by atoms with Gasteiger partial charge >= 0.3 is 5.97 Å². The minimum atomic E-state index is -0.470. The van der Waals surface area contributed by atoms with Gasteiger partial charge in [-0.15, -0.1) is 10.2 Å². The van der Waals surface area contributed by atoms with Gasteiger partial charge in [-0.05, 0) is 31.9 Å². The Morgan fingerprint density at radius 1 is 1.50 bits per heavy atom. The first kappa shape index (κ1) is 12.8. The summed E-state index contributed by atoms with van der Waals surface area (Å²) >= 11 is 0. The molecule has 6 nitrogen and oxygen atoms in total. The van der Waals surface area contributed by atoms with Gasteiger partial charge in [0.15, 0.2) is 11.5 Å². The summed E-state index contributed by atoms with van der Waals surface area (Å²) in [6.07, 6.45) is 1.89. The average molecular weight is 250 g/mol. The maximum absolute atomic E-state index is 11.3. The molecule has 2 unspecified atom stereocenters. The van der Waals surface area contributed by atoms with E-state index in [1.807, 2.05) is 0 Å². The van der Waals surface area contributed by atoms with E-state index >= 15 is 0 Å². The Morgan fingerprint density at radius 3 is 2.83 bits per heavy atom. The van der Waals surface area contributed by atoms with E-state index in [2.05, 4.69) is 26.8 Å². The Kier molecular flexibility index (Phi) is 3.76. The van der Waals surface area contributed by atoms with Gasteiger partial charge in [0.1, 0.15) is 0 Å². The van der Waals surface area contributed by atoms with Gasteiger partial charge in [-0.3, -0.25) is 0 Å². The van der Waals surface area contributed by atoms with Gasteiger partial charge in [-0.25, -0.2) is 4.79 Å². The second-order valence-corrected chi connectivity index (χ2v) is 4.60. The quantitative estimate of drug-likeness (QED) is 0.773. The van der Waals surface area contributed by atoms with Gasteiger partial charge in [0.05, 0.1) is 7.11 Å². The van der Waals surface area contributed by atoms with Gasteiger partial charge in [0, 0.05) is 18.6 Å². The third-order valence-electron chi connectivity index (χ3n) is 3.26. The van der Waals surface area contributed by atoms with Crippen molar-refractivity contribution in [2.75, 3.05) is 18.6 Å². The third kappa shape index (κ3) is 2.59. The molecule has 1 aliphatic rings. The summed E-state index contributed by atoms with van der Waals surface area (Å²) in [6, 6.07) is 4.03. The van der Waals surface area contributed by atoms with Gasteiger partial charge in [-0.1, -0.05) is 0 Å². The van der Waals surface area contributed by atoms with Crippen molar-refractivity contribution in [2.24, 2.45) is 5.73 Å². The van der Waals surface area contributed by atoms with Gasteiger partial charge in [0.2, 0.25) is 0 Å². The van der Waals surface area contributed by atoms with Crippen molar-refractivity contribution in [3.05, 3.63) is 17.8 Å². The summed E-state index contributed by atoms with van der Waals surface area (Å²) in [5, 5.41) is 7.96. The van der Waals surface area contributed by atoms with Crippen molar-refractivity contribution in [1.29, 1.82) is 0 Å². The average Bonchev–Trinajstić information content (AvgIpc) is 2.38. The zero-order valence-electron chi connectivity index (χ0n) is 10.7. The first-order valence-electron chi connectivity index (χ1n) is 6.06. The molecule has 1 aromatic rings. The number of aromatic nitrogens is 2. The fourth-order valence-electron chi connectivity index (χ4n) is 2.24. The van der Waals surface area contributed by atoms with Crippen LogP contribution in [0.2, 0.25) is 0 Å². The van der Waals surface area contributed by atoms with Crippen LogP contribution in [-0.4, -0.2) is 41.9 Å². The van der Waals surface area contributed by atoms with Crippen molar-refractivity contribution in [1.82, 2.24) is 10.2 Å². The zero-order valence-corrected chi connectivity index (χ0v) is 10.7. The molecule has 6 heteroatoms. The van der Waals surface area contributed by atoms with Gasteiger partial charge in [0.25, 0.3) is 0 Å². The van der Waals surface area contributed by atoms with Crippen molar-refractivity contribution >= 4 is 11.8 Å². The monoisotopic (exact) mass is 250 g/mol. The summed E-state index contributed by atoms with van der Waals surface area (Å²) in [5.41, 5.74) is 6.15. The normalized spacial score (nSPS) is 23.8. The highest BCUT2D eigenvalue weighted by Crippen LogP contribution is 2.21. The lowest BCUT2D eigenvalue weighted by Crippen LogP contribution is -2.46. The zero-order chi connectivity index (χ0) is 13.1. The van der Waals surface area contributed by atoms with Crippen molar-refractivity contribution in [2.45, 2.75) is 31.8 Å². The number of carbonyl (C=O) groups is 1. The molecule has 2 N–H and O–H groups in total. The number of esters is 1. The Balaban J connectivity index is 2.12. The summed E-state index contributed by atoms with van der Waals surface area (Å²) in [7, 11) is 1.33. The van der Waals surface area contributed by atoms with Crippen molar-refractivity contribution in [3.8, 4) is 0 Å². The van der Waals surface area contributed by atoms with E-state index < -0.39 is 5.97 Å². The molecular formula is C12H18N4O2. The van der Waals surface area contributed by atoms with Crippen LogP contribution in [0, 0.1) is 0 Å². The van der Waals surface area contributed by atoms with Crippen LogP contribution in [0.5, 0.6) is 0 Å². The molecule has 2 rings (SSSR count). The number of nitrogens with zero attached hydrogens (tertiary/aromatic N) is 3. The Hall–Kier alpha value is -1.69. The molecule has 0 aromatic carbocycles. The summed E-state index contributed by atoms with van der Waals surface area (Å²) in [4.78, 5) is 13.4. The van der Waals surface area contributed by atoms with Gasteiger partial charge in [-0.2, -0.15) is 0 Å². The Morgan fingerprint density at radius 2 is 2.28 bits per heavy atom. The minimum absolute atomic E-state index is 0.225. The molecule has 0 amide bonds. The van der Waals surface area contributed by atoms with Crippen molar-refractivity contribution < 1.29 is 9.53 Å². The Bertz CT molecular complexity index is 421. The predicted octanol–water partition coefficient (Wildman–Crippen LogP) is 0.579. The van der Waals surface area contributed by atoms with E-state index in [1.165, 1.54) is 7.11 Å². The van der Waals surface area contributed by atoms with Crippen LogP contribution in [0.1, 0.15) is 30.3 Å². The van der Waals surface area contributed by atoms with E-state index in [1.54, 1.807) is 12.1 Å². The first-order chi connectivity index (χ1) is 8.61. The lowest BCUT2D eigenvalue weighted by atomic mass is 9.99. The van der Waals surface area contributed by atoms with E-state index in [-0.39, 0.29) is 11.7 Å². The first-order valence-corrected chi connectivity index (χ1v) is 6.06. The number of methoxy groups -OCH3 is 1. The second kappa shape index (κ2) is 5.30. The second-order valence-electron chi connectivity index (χ2n) is 4.60.